The normalized spacial score (nSPS) is 23.4. The van der Waals surface area contributed by atoms with Crippen LogP contribution in [0.5, 0.6) is 0 Å². The molecule has 3 heteroatoms. The molecule has 0 aliphatic carbocycles. The molecule has 0 aromatic heterocycles. The van der Waals surface area contributed by atoms with Crippen molar-refractivity contribution in [3.05, 3.63) is 0 Å². The molecule has 1 heterocycles. The molecule has 0 spiro atoms. The molecule has 0 aromatic rings. The Labute approximate surface area is 66.5 Å². The van der Waals surface area contributed by atoms with Crippen LogP contribution in [0, 0.1) is 5.92 Å². The smallest absolute Gasteiger partial charge is 0.161 e. The third-order valence-corrected chi connectivity index (χ3v) is 2.15. The standard InChI is InChI=1S/C7H13ClO2/c1-2-6(5-8)7-9-3-4-10-7/h6-7H,2-5H2,1H3. The van der Waals surface area contributed by atoms with E-state index in [2.05, 4.69) is 6.92 Å². The second-order valence-corrected chi connectivity index (χ2v) is 2.74. The van der Waals surface area contributed by atoms with Crippen molar-refractivity contribution < 1.29 is 9.47 Å². The minimum absolute atomic E-state index is 0.0394. The van der Waals surface area contributed by atoms with Gasteiger partial charge in [0.05, 0.1) is 13.2 Å². The van der Waals surface area contributed by atoms with Gasteiger partial charge in [-0.05, 0) is 6.42 Å². The van der Waals surface area contributed by atoms with Crippen LogP contribution in [-0.4, -0.2) is 25.4 Å². The Kier molecular flexibility index (Phi) is 3.46. The highest BCUT2D eigenvalue weighted by Crippen LogP contribution is 2.18. The minimum atomic E-state index is -0.0394. The summed E-state index contributed by atoms with van der Waals surface area (Å²) in [6, 6.07) is 0. The molecule has 1 aliphatic rings. The van der Waals surface area contributed by atoms with Crippen molar-refractivity contribution >= 4 is 11.6 Å². The van der Waals surface area contributed by atoms with Crippen LogP contribution in [-0.2, 0) is 9.47 Å². The van der Waals surface area contributed by atoms with Gasteiger partial charge < -0.3 is 9.47 Å². The van der Waals surface area contributed by atoms with Gasteiger partial charge >= 0.3 is 0 Å². The van der Waals surface area contributed by atoms with E-state index in [9.17, 15) is 0 Å². The fourth-order valence-electron chi connectivity index (χ4n) is 1.02. The van der Waals surface area contributed by atoms with Gasteiger partial charge in [0.2, 0.25) is 0 Å². The van der Waals surface area contributed by atoms with Crippen molar-refractivity contribution in [2.75, 3.05) is 19.1 Å². The Balaban J connectivity index is 2.29. The lowest BCUT2D eigenvalue weighted by Crippen LogP contribution is -2.21. The van der Waals surface area contributed by atoms with E-state index in [0.717, 1.165) is 19.6 Å². The van der Waals surface area contributed by atoms with E-state index in [0.29, 0.717) is 11.8 Å². The van der Waals surface area contributed by atoms with Crippen LogP contribution in [0.4, 0.5) is 0 Å². The van der Waals surface area contributed by atoms with Crippen LogP contribution >= 0.6 is 11.6 Å². The van der Waals surface area contributed by atoms with Gasteiger partial charge in [-0.25, -0.2) is 0 Å². The van der Waals surface area contributed by atoms with Gasteiger partial charge in [-0.15, -0.1) is 11.6 Å². The maximum Gasteiger partial charge on any atom is 0.161 e. The summed E-state index contributed by atoms with van der Waals surface area (Å²) in [7, 11) is 0. The zero-order valence-corrected chi connectivity index (χ0v) is 6.93. The summed E-state index contributed by atoms with van der Waals surface area (Å²) < 4.78 is 10.6. The Morgan fingerprint density at radius 1 is 1.50 bits per heavy atom. The van der Waals surface area contributed by atoms with Gasteiger partial charge in [0.1, 0.15) is 0 Å². The lowest BCUT2D eigenvalue weighted by Gasteiger charge is -2.17. The summed E-state index contributed by atoms with van der Waals surface area (Å²) in [6.45, 7) is 3.54. The van der Waals surface area contributed by atoms with Crippen LogP contribution in [0.15, 0.2) is 0 Å². The number of hydrogen-bond acceptors (Lipinski definition) is 2. The molecule has 1 atom stereocenters. The highest BCUT2D eigenvalue weighted by atomic mass is 35.5. The average molecular weight is 165 g/mol. The van der Waals surface area contributed by atoms with E-state index >= 15 is 0 Å². The molecule has 0 N–H and O–H groups in total. The van der Waals surface area contributed by atoms with Crippen molar-refractivity contribution in [2.45, 2.75) is 19.6 Å². The topological polar surface area (TPSA) is 18.5 Å². The fourth-order valence-corrected chi connectivity index (χ4v) is 1.39. The Morgan fingerprint density at radius 3 is 2.50 bits per heavy atom. The first-order chi connectivity index (χ1) is 4.88. The van der Waals surface area contributed by atoms with Crippen molar-refractivity contribution in [1.29, 1.82) is 0 Å². The molecule has 1 fully saturated rings. The highest BCUT2D eigenvalue weighted by Gasteiger charge is 2.24. The van der Waals surface area contributed by atoms with E-state index in [-0.39, 0.29) is 6.29 Å². The molecule has 60 valence electrons. The molecule has 1 unspecified atom stereocenters. The van der Waals surface area contributed by atoms with Gasteiger partial charge in [0.15, 0.2) is 6.29 Å². The lowest BCUT2D eigenvalue weighted by molar-refractivity contribution is -0.0779. The molecular formula is C7H13ClO2. The van der Waals surface area contributed by atoms with Gasteiger partial charge in [-0.3, -0.25) is 0 Å². The summed E-state index contributed by atoms with van der Waals surface area (Å²) in [6.07, 6.45) is 0.983. The third kappa shape index (κ3) is 1.84. The molecule has 2 nitrogen and oxygen atoms in total. The minimum Gasteiger partial charge on any atom is -0.350 e. The summed E-state index contributed by atoms with van der Waals surface area (Å²) >= 11 is 5.69. The number of hydrogen-bond donors (Lipinski definition) is 0. The summed E-state index contributed by atoms with van der Waals surface area (Å²) in [5, 5.41) is 0. The quantitative estimate of drug-likeness (QED) is 0.591. The predicted molar refractivity (Wildman–Crippen MR) is 40.2 cm³/mol. The van der Waals surface area contributed by atoms with E-state index < -0.39 is 0 Å². The first-order valence-electron chi connectivity index (χ1n) is 3.67. The van der Waals surface area contributed by atoms with Gasteiger partial charge in [0.25, 0.3) is 0 Å². The lowest BCUT2D eigenvalue weighted by atomic mass is 10.1. The molecule has 1 saturated heterocycles. The number of halogens is 1. The molecule has 1 aliphatic heterocycles. The van der Waals surface area contributed by atoms with Crippen molar-refractivity contribution in [2.24, 2.45) is 5.92 Å². The highest BCUT2D eigenvalue weighted by molar-refractivity contribution is 6.18. The van der Waals surface area contributed by atoms with Gasteiger partial charge in [0, 0.05) is 11.8 Å². The van der Waals surface area contributed by atoms with Crippen molar-refractivity contribution in [1.82, 2.24) is 0 Å². The van der Waals surface area contributed by atoms with E-state index in [1.54, 1.807) is 0 Å². The zero-order valence-electron chi connectivity index (χ0n) is 6.18. The molecule has 0 saturated carbocycles. The Morgan fingerprint density at radius 2 is 2.10 bits per heavy atom. The molecule has 0 bridgehead atoms. The van der Waals surface area contributed by atoms with Crippen LogP contribution in [0.2, 0.25) is 0 Å². The maximum atomic E-state index is 5.69. The summed E-state index contributed by atoms with van der Waals surface area (Å²) in [4.78, 5) is 0. The Hall–Kier alpha value is 0.210. The van der Waals surface area contributed by atoms with Gasteiger partial charge in [-0.2, -0.15) is 0 Å². The SMILES string of the molecule is CCC(CCl)C1OCCO1. The van der Waals surface area contributed by atoms with E-state index in [1.807, 2.05) is 0 Å². The first-order valence-corrected chi connectivity index (χ1v) is 4.21. The fraction of sp³-hybridized carbons (Fsp3) is 1.00. The molecule has 1 rings (SSSR count). The van der Waals surface area contributed by atoms with E-state index in [4.69, 9.17) is 21.1 Å². The first kappa shape index (κ1) is 8.31. The Bertz CT molecular complexity index is 87.6. The zero-order chi connectivity index (χ0) is 7.40. The maximum absolute atomic E-state index is 5.69. The van der Waals surface area contributed by atoms with Crippen LogP contribution in [0.25, 0.3) is 0 Å². The molecule has 0 radical (unpaired) electrons. The molecule has 0 aromatic carbocycles. The second kappa shape index (κ2) is 4.16. The van der Waals surface area contributed by atoms with Crippen molar-refractivity contribution in [3.8, 4) is 0 Å². The monoisotopic (exact) mass is 164 g/mol. The number of ether oxygens (including phenoxy) is 2. The molecule has 0 amide bonds. The average Bonchev–Trinajstić information content (AvgIpc) is 2.43. The molecule has 10 heavy (non-hydrogen) atoms. The van der Waals surface area contributed by atoms with Gasteiger partial charge in [-0.1, -0.05) is 6.92 Å². The summed E-state index contributed by atoms with van der Waals surface area (Å²) in [5.41, 5.74) is 0. The largest absolute Gasteiger partial charge is 0.350 e. The van der Waals surface area contributed by atoms with Crippen LogP contribution < -0.4 is 0 Å². The van der Waals surface area contributed by atoms with Crippen LogP contribution in [0.3, 0.4) is 0 Å². The third-order valence-electron chi connectivity index (χ3n) is 1.76. The molecular weight excluding hydrogens is 152 g/mol. The second-order valence-electron chi connectivity index (χ2n) is 2.43. The van der Waals surface area contributed by atoms with E-state index in [1.165, 1.54) is 0 Å². The predicted octanol–water partition coefficient (Wildman–Crippen LogP) is 1.62. The van der Waals surface area contributed by atoms with Crippen molar-refractivity contribution in [3.63, 3.8) is 0 Å². The number of rotatable bonds is 3. The number of alkyl halides is 1. The van der Waals surface area contributed by atoms with Crippen LogP contribution in [0.1, 0.15) is 13.3 Å². The summed E-state index contributed by atoms with van der Waals surface area (Å²) in [5.74, 6) is 0.991.